The van der Waals surface area contributed by atoms with Crippen LogP contribution in [-0.2, 0) is 16.0 Å². The average Bonchev–Trinajstić information content (AvgIpc) is 2.79. The summed E-state index contributed by atoms with van der Waals surface area (Å²) in [5.74, 6) is -0.224. The number of benzene rings is 1. The summed E-state index contributed by atoms with van der Waals surface area (Å²) >= 11 is 0. The molecule has 2 saturated heterocycles. The molecular weight excluding hydrogens is 282 g/mol. The Morgan fingerprint density at radius 3 is 2.36 bits per heavy atom. The predicted molar refractivity (Wildman–Crippen MR) is 80.0 cm³/mol. The predicted octanol–water partition coefficient (Wildman–Crippen LogP) is 0.772. The molecule has 4 amide bonds. The highest BCUT2D eigenvalue weighted by atomic mass is 16.2. The Kier molecular flexibility index (Phi) is 4.09. The Balaban J connectivity index is 1.40. The molecule has 0 unspecified atom stereocenters. The summed E-state index contributed by atoms with van der Waals surface area (Å²) in [7, 11) is 0. The molecule has 2 aliphatic heterocycles. The molecule has 22 heavy (non-hydrogen) atoms. The van der Waals surface area contributed by atoms with Crippen molar-refractivity contribution in [1.82, 2.24) is 15.1 Å². The Labute approximate surface area is 129 Å². The number of carbonyl (C=O) groups excluding carboxylic acids is 3. The van der Waals surface area contributed by atoms with Gasteiger partial charge in [0.25, 0.3) is 0 Å². The molecule has 116 valence electrons. The van der Waals surface area contributed by atoms with Crippen LogP contribution in [0.25, 0.3) is 0 Å². The van der Waals surface area contributed by atoms with Gasteiger partial charge < -0.3 is 10.2 Å². The van der Waals surface area contributed by atoms with E-state index in [1.165, 1.54) is 10.5 Å². The third-order valence-electron chi connectivity index (χ3n) is 4.14. The van der Waals surface area contributed by atoms with Crippen molar-refractivity contribution in [2.45, 2.75) is 25.3 Å². The first kappa shape index (κ1) is 14.6. The molecule has 6 heteroatoms. The van der Waals surface area contributed by atoms with Crippen molar-refractivity contribution < 1.29 is 14.4 Å². The zero-order valence-corrected chi connectivity index (χ0v) is 12.3. The van der Waals surface area contributed by atoms with Crippen LogP contribution in [0.1, 0.15) is 18.4 Å². The summed E-state index contributed by atoms with van der Waals surface area (Å²) in [6, 6.07) is 9.69. The first-order valence-corrected chi connectivity index (χ1v) is 7.57. The summed E-state index contributed by atoms with van der Waals surface area (Å²) in [5, 5.41) is 2.87. The van der Waals surface area contributed by atoms with Crippen LogP contribution in [0.2, 0.25) is 0 Å². The third-order valence-corrected chi connectivity index (χ3v) is 4.14. The molecule has 6 nitrogen and oxygen atoms in total. The summed E-state index contributed by atoms with van der Waals surface area (Å²) < 4.78 is 0. The quantitative estimate of drug-likeness (QED) is 0.835. The largest absolute Gasteiger partial charge is 0.338 e. The maximum Gasteiger partial charge on any atom is 0.317 e. The van der Waals surface area contributed by atoms with Gasteiger partial charge in [-0.2, -0.15) is 0 Å². The van der Waals surface area contributed by atoms with Crippen molar-refractivity contribution in [3.8, 4) is 0 Å². The van der Waals surface area contributed by atoms with Gasteiger partial charge in [-0.3, -0.25) is 14.5 Å². The van der Waals surface area contributed by atoms with Gasteiger partial charge in [0, 0.05) is 32.5 Å². The highest BCUT2D eigenvalue weighted by Gasteiger charge is 2.42. The van der Waals surface area contributed by atoms with Crippen LogP contribution in [0.15, 0.2) is 30.3 Å². The fourth-order valence-corrected chi connectivity index (χ4v) is 2.86. The summed E-state index contributed by atoms with van der Waals surface area (Å²) in [5.41, 5.74) is 1.18. The lowest BCUT2D eigenvalue weighted by atomic mass is 10.1. The van der Waals surface area contributed by atoms with Crippen molar-refractivity contribution in [3.63, 3.8) is 0 Å². The van der Waals surface area contributed by atoms with Gasteiger partial charge in [0.05, 0.1) is 6.04 Å². The summed E-state index contributed by atoms with van der Waals surface area (Å²) in [4.78, 5) is 38.1. The van der Waals surface area contributed by atoms with Crippen LogP contribution in [0, 0.1) is 0 Å². The van der Waals surface area contributed by atoms with Gasteiger partial charge in [0.1, 0.15) is 0 Å². The molecule has 0 atom stereocenters. The molecule has 2 fully saturated rings. The lowest BCUT2D eigenvalue weighted by molar-refractivity contribution is -0.144. The number of amides is 4. The fourth-order valence-electron chi connectivity index (χ4n) is 2.86. The van der Waals surface area contributed by atoms with Crippen LogP contribution in [0.5, 0.6) is 0 Å². The Morgan fingerprint density at radius 1 is 1.09 bits per heavy atom. The van der Waals surface area contributed by atoms with Crippen molar-refractivity contribution in [2.75, 3.05) is 19.6 Å². The fraction of sp³-hybridized carbons (Fsp3) is 0.438. The van der Waals surface area contributed by atoms with E-state index < -0.39 is 0 Å². The SMILES string of the molecule is O=C(NCCc1ccccc1)N1CC(N2C(=O)CCC2=O)C1. The van der Waals surface area contributed by atoms with Crippen molar-refractivity contribution in [1.29, 1.82) is 0 Å². The monoisotopic (exact) mass is 301 g/mol. The number of nitrogens with zero attached hydrogens (tertiary/aromatic N) is 2. The maximum atomic E-state index is 12.0. The van der Waals surface area contributed by atoms with E-state index >= 15 is 0 Å². The van der Waals surface area contributed by atoms with E-state index in [1.807, 2.05) is 30.3 Å². The van der Waals surface area contributed by atoms with Gasteiger partial charge in [0.15, 0.2) is 0 Å². The second kappa shape index (κ2) is 6.17. The number of likely N-dealkylation sites (tertiary alicyclic amines) is 2. The van der Waals surface area contributed by atoms with E-state index in [0.717, 1.165) is 6.42 Å². The molecule has 0 radical (unpaired) electrons. The molecular formula is C16H19N3O3. The molecule has 3 rings (SSSR count). The van der Waals surface area contributed by atoms with Gasteiger partial charge in [-0.1, -0.05) is 30.3 Å². The molecule has 2 aliphatic rings. The van der Waals surface area contributed by atoms with Crippen molar-refractivity contribution in [3.05, 3.63) is 35.9 Å². The molecule has 0 saturated carbocycles. The van der Waals surface area contributed by atoms with E-state index in [9.17, 15) is 14.4 Å². The molecule has 0 aliphatic carbocycles. The zero-order chi connectivity index (χ0) is 15.5. The standard InChI is InChI=1S/C16H19N3O3/c20-14-6-7-15(21)19(14)13-10-18(11-13)16(22)17-9-8-12-4-2-1-3-5-12/h1-5,13H,6-11H2,(H,17,22). The van der Waals surface area contributed by atoms with Gasteiger partial charge in [0.2, 0.25) is 11.8 Å². The number of rotatable bonds is 4. The number of carbonyl (C=O) groups is 3. The lowest BCUT2D eigenvalue weighted by Crippen LogP contribution is -2.64. The highest BCUT2D eigenvalue weighted by Crippen LogP contribution is 2.22. The molecule has 0 spiro atoms. The topological polar surface area (TPSA) is 69.7 Å². The van der Waals surface area contributed by atoms with Crippen LogP contribution < -0.4 is 5.32 Å². The lowest BCUT2D eigenvalue weighted by Gasteiger charge is -2.42. The molecule has 0 bridgehead atoms. The number of hydrogen-bond acceptors (Lipinski definition) is 3. The van der Waals surface area contributed by atoms with Crippen LogP contribution in [0.4, 0.5) is 4.79 Å². The normalized spacial score (nSPS) is 18.5. The third kappa shape index (κ3) is 2.95. The smallest absolute Gasteiger partial charge is 0.317 e. The van der Waals surface area contributed by atoms with Gasteiger partial charge >= 0.3 is 6.03 Å². The molecule has 2 heterocycles. The number of imide groups is 1. The average molecular weight is 301 g/mol. The number of hydrogen-bond donors (Lipinski definition) is 1. The van der Waals surface area contributed by atoms with Crippen molar-refractivity contribution in [2.24, 2.45) is 0 Å². The Morgan fingerprint density at radius 2 is 1.73 bits per heavy atom. The van der Waals surface area contributed by atoms with E-state index in [0.29, 0.717) is 32.5 Å². The van der Waals surface area contributed by atoms with E-state index in [2.05, 4.69) is 5.32 Å². The summed E-state index contributed by atoms with van der Waals surface area (Å²) in [6.07, 6.45) is 1.39. The minimum atomic E-state index is -0.137. The first-order valence-electron chi connectivity index (χ1n) is 7.57. The highest BCUT2D eigenvalue weighted by molar-refractivity contribution is 6.02. The zero-order valence-electron chi connectivity index (χ0n) is 12.3. The van der Waals surface area contributed by atoms with Crippen LogP contribution in [0.3, 0.4) is 0 Å². The van der Waals surface area contributed by atoms with Crippen LogP contribution in [-0.4, -0.2) is 53.3 Å². The molecule has 1 aromatic rings. The Hall–Kier alpha value is -2.37. The van der Waals surface area contributed by atoms with E-state index in [1.54, 1.807) is 4.90 Å². The first-order chi connectivity index (χ1) is 10.6. The molecule has 1 N–H and O–H groups in total. The molecule has 1 aromatic carbocycles. The van der Waals surface area contributed by atoms with Gasteiger partial charge in [-0.15, -0.1) is 0 Å². The number of urea groups is 1. The van der Waals surface area contributed by atoms with Gasteiger partial charge in [-0.25, -0.2) is 4.79 Å². The van der Waals surface area contributed by atoms with E-state index in [4.69, 9.17) is 0 Å². The van der Waals surface area contributed by atoms with E-state index in [-0.39, 0.29) is 23.9 Å². The second-order valence-corrected chi connectivity index (χ2v) is 5.68. The maximum absolute atomic E-state index is 12.0. The minimum Gasteiger partial charge on any atom is -0.338 e. The second-order valence-electron chi connectivity index (χ2n) is 5.68. The summed E-state index contributed by atoms with van der Waals surface area (Å²) in [6.45, 7) is 1.45. The molecule has 0 aromatic heterocycles. The minimum absolute atomic E-state index is 0.112. The number of nitrogens with one attached hydrogen (secondary N) is 1. The van der Waals surface area contributed by atoms with Crippen LogP contribution >= 0.6 is 0 Å². The van der Waals surface area contributed by atoms with Gasteiger partial charge in [-0.05, 0) is 12.0 Å². The van der Waals surface area contributed by atoms with Crippen molar-refractivity contribution >= 4 is 17.8 Å². The Bertz CT molecular complexity index is 566.